The Bertz CT molecular complexity index is 551. The van der Waals surface area contributed by atoms with E-state index in [1.165, 1.54) is 0 Å². The van der Waals surface area contributed by atoms with Gasteiger partial charge in [-0.1, -0.05) is 17.7 Å². The Labute approximate surface area is 118 Å². The van der Waals surface area contributed by atoms with E-state index in [9.17, 15) is 4.79 Å². The Kier molecular flexibility index (Phi) is 3.46. The second-order valence-electron chi connectivity index (χ2n) is 5.15. The second kappa shape index (κ2) is 5.26. The fourth-order valence-corrected chi connectivity index (χ4v) is 2.43. The maximum atomic E-state index is 12.7. The van der Waals surface area contributed by atoms with Gasteiger partial charge in [-0.15, -0.1) is 0 Å². The third-order valence-electron chi connectivity index (χ3n) is 3.65. The van der Waals surface area contributed by atoms with Crippen LogP contribution in [0.5, 0.6) is 0 Å². The summed E-state index contributed by atoms with van der Waals surface area (Å²) in [6, 6.07) is 7.87. The summed E-state index contributed by atoms with van der Waals surface area (Å²) in [4.78, 5) is 16.3. The number of carbonyl (C=O) groups is 1. The van der Waals surface area contributed by atoms with Crippen molar-refractivity contribution in [2.75, 3.05) is 38.6 Å². The van der Waals surface area contributed by atoms with E-state index in [2.05, 4.69) is 0 Å². The molecule has 0 atom stereocenters. The zero-order valence-corrected chi connectivity index (χ0v) is 11.8. The highest BCUT2D eigenvalue weighted by atomic mass is 16.5. The Morgan fingerprint density at radius 2 is 1.80 bits per heavy atom. The first-order valence-corrected chi connectivity index (χ1v) is 6.64. The lowest BCUT2D eigenvalue weighted by Crippen LogP contribution is -2.40. The minimum absolute atomic E-state index is 0.0343. The standard InChI is InChI=1S/C15H18N2O3/c1-11-3-5-12(6-4-11)17-10-20-9-16(2)14-8-19-7-13(14)15(17)18/h3-6H,7-10H2,1-2H3. The third-order valence-corrected chi connectivity index (χ3v) is 3.65. The maximum absolute atomic E-state index is 12.7. The molecule has 5 heteroatoms. The largest absolute Gasteiger partial charge is 0.370 e. The van der Waals surface area contributed by atoms with Crippen LogP contribution in [0.4, 0.5) is 5.69 Å². The van der Waals surface area contributed by atoms with E-state index in [1.54, 1.807) is 4.90 Å². The molecule has 1 aromatic rings. The van der Waals surface area contributed by atoms with Crippen molar-refractivity contribution in [3.05, 3.63) is 41.1 Å². The fraction of sp³-hybridized carbons (Fsp3) is 0.400. The highest BCUT2D eigenvalue weighted by molar-refractivity contribution is 6.06. The Balaban J connectivity index is 1.96. The highest BCUT2D eigenvalue weighted by Gasteiger charge is 2.30. The maximum Gasteiger partial charge on any atom is 0.260 e. The molecular weight excluding hydrogens is 256 g/mol. The van der Waals surface area contributed by atoms with E-state index in [0.717, 1.165) is 22.5 Å². The number of nitrogens with zero attached hydrogens (tertiary/aromatic N) is 2. The molecule has 0 aromatic heterocycles. The molecular formula is C15H18N2O3. The van der Waals surface area contributed by atoms with Crippen LogP contribution in [0.25, 0.3) is 0 Å². The fourth-order valence-electron chi connectivity index (χ4n) is 2.43. The van der Waals surface area contributed by atoms with Crippen LogP contribution in [0.15, 0.2) is 35.5 Å². The Morgan fingerprint density at radius 1 is 1.05 bits per heavy atom. The SMILES string of the molecule is Cc1ccc(N2COCN(C)C3=C(COC3)C2=O)cc1. The van der Waals surface area contributed by atoms with Crippen molar-refractivity contribution in [1.82, 2.24) is 4.90 Å². The van der Waals surface area contributed by atoms with Crippen LogP contribution < -0.4 is 4.90 Å². The number of carbonyl (C=O) groups excluding carboxylic acids is 1. The van der Waals surface area contributed by atoms with Crippen molar-refractivity contribution in [1.29, 1.82) is 0 Å². The van der Waals surface area contributed by atoms with Crippen LogP contribution >= 0.6 is 0 Å². The van der Waals surface area contributed by atoms with Gasteiger partial charge in [-0.05, 0) is 19.1 Å². The highest BCUT2D eigenvalue weighted by Crippen LogP contribution is 2.25. The predicted octanol–water partition coefficient (Wildman–Crippen LogP) is 1.49. The van der Waals surface area contributed by atoms with E-state index >= 15 is 0 Å². The zero-order chi connectivity index (χ0) is 14.1. The molecule has 0 saturated carbocycles. The molecule has 2 heterocycles. The van der Waals surface area contributed by atoms with E-state index in [1.807, 2.05) is 43.1 Å². The summed E-state index contributed by atoms with van der Waals surface area (Å²) in [7, 11) is 1.92. The summed E-state index contributed by atoms with van der Waals surface area (Å²) in [6.45, 7) is 3.58. The summed E-state index contributed by atoms with van der Waals surface area (Å²) in [6.07, 6.45) is 0. The molecule has 0 fully saturated rings. The molecule has 106 valence electrons. The summed E-state index contributed by atoms with van der Waals surface area (Å²) in [5, 5.41) is 0. The topological polar surface area (TPSA) is 42.0 Å². The number of hydrogen-bond acceptors (Lipinski definition) is 4. The molecule has 2 aliphatic heterocycles. The van der Waals surface area contributed by atoms with E-state index in [0.29, 0.717) is 19.9 Å². The number of likely N-dealkylation sites (N-methyl/N-ethyl adjacent to an activating group) is 1. The first kappa shape index (κ1) is 13.1. The summed E-state index contributed by atoms with van der Waals surface area (Å²) >= 11 is 0. The summed E-state index contributed by atoms with van der Waals surface area (Å²) < 4.78 is 11.0. The van der Waals surface area contributed by atoms with Crippen molar-refractivity contribution in [2.45, 2.75) is 6.92 Å². The average molecular weight is 274 g/mol. The molecule has 1 aromatic carbocycles. The van der Waals surface area contributed by atoms with Crippen molar-refractivity contribution >= 4 is 11.6 Å². The molecule has 0 N–H and O–H groups in total. The van der Waals surface area contributed by atoms with Crippen LogP contribution in [-0.4, -0.2) is 44.5 Å². The lowest BCUT2D eigenvalue weighted by Gasteiger charge is -2.30. The van der Waals surface area contributed by atoms with Gasteiger partial charge in [0.2, 0.25) is 0 Å². The van der Waals surface area contributed by atoms with Gasteiger partial charge in [0.15, 0.2) is 0 Å². The van der Waals surface area contributed by atoms with Gasteiger partial charge in [0.25, 0.3) is 5.91 Å². The van der Waals surface area contributed by atoms with Crippen molar-refractivity contribution in [3.63, 3.8) is 0 Å². The van der Waals surface area contributed by atoms with Crippen molar-refractivity contribution < 1.29 is 14.3 Å². The molecule has 0 radical (unpaired) electrons. The molecule has 0 spiro atoms. The van der Waals surface area contributed by atoms with E-state index in [-0.39, 0.29) is 12.6 Å². The van der Waals surface area contributed by atoms with Crippen LogP contribution in [0, 0.1) is 6.92 Å². The molecule has 5 nitrogen and oxygen atoms in total. The average Bonchev–Trinajstić information content (AvgIpc) is 2.92. The predicted molar refractivity (Wildman–Crippen MR) is 75.1 cm³/mol. The van der Waals surface area contributed by atoms with Crippen LogP contribution in [0.1, 0.15) is 5.56 Å². The quantitative estimate of drug-likeness (QED) is 0.778. The number of rotatable bonds is 1. The molecule has 0 saturated heterocycles. The Morgan fingerprint density at radius 3 is 2.55 bits per heavy atom. The minimum Gasteiger partial charge on any atom is -0.370 e. The normalized spacial score (nSPS) is 20.0. The minimum atomic E-state index is -0.0343. The molecule has 0 bridgehead atoms. The molecule has 0 unspecified atom stereocenters. The van der Waals surface area contributed by atoms with Gasteiger partial charge in [0, 0.05) is 12.7 Å². The van der Waals surface area contributed by atoms with E-state index < -0.39 is 0 Å². The molecule has 20 heavy (non-hydrogen) atoms. The second-order valence-corrected chi connectivity index (χ2v) is 5.15. The number of amides is 1. The van der Waals surface area contributed by atoms with Gasteiger partial charge in [-0.3, -0.25) is 9.69 Å². The zero-order valence-electron chi connectivity index (χ0n) is 11.8. The van der Waals surface area contributed by atoms with Gasteiger partial charge in [0.1, 0.15) is 13.5 Å². The monoisotopic (exact) mass is 274 g/mol. The lowest BCUT2D eigenvalue weighted by molar-refractivity contribution is -0.117. The summed E-state index contributed by atoms with van der Waals surface area (Å²) in [5.74, 6) is -0.0343. The number of ether oxygens (including phenoxy) is 2. The first-order valence-electron chi connectivity index (χ1n) is 6.64. The number of benzene rings is 1. The van der Waals surface area contributed by atoms with Gasteiger partial charge >= 0.3 is 0 Å². The van der Waals surface area contributed by atoms with Crippen LogP contribution in [0.2, 0.25) is 0 Å². The number of anilines is 1. The van der Waals surface area contributed by atoms with Crippen molar-refractivity contribution in [2.24, 2.45) is 0 Å². The van der Waals surface area contributed by atoms with Crippen LogP contribution in [-0.2, 0) is 14.3 Å². The number of hydrogen-bond donors (Lipinski definition) is 0. The number of aryl methyl sites for hydroxylation is 1. The third kappa shape index (κ3) is 2.30. The summed E-state index contributed by atoms with van der Waals surface area (Å²) in [5.41, 5.74) is 3.67. The van der Waals surface area contributed by atoms with Gasteiger partial charge in [0.05, 0.1) is 24.5 Å². The molecule has 3 rings (SSSR count). The van der Waals surface area contributed by atoms with Gasteiger partial charge < -0.3 is 14.4 Å². The van der Waals surface area contributed by atoms with E-state index in [4.69, 9.17) is 9.47 Å². The Hall–Kier alpha value is -1.85. The molecule has 2 aliphatic rings. The van der Waals surface area contributed by atoms with Crippen molar-refractivity contribution in [3.8, 4) is 0 Å². The smallest absolute Gasteiger partial charge is 0.260 e. The lowest BCUT2D eigenvalue weighted by atomic mass is 10.1. The van der Waals surface area contributed by atoms with Gasteiger partial charge in [-0.25, -0.2) is 0 Å². The molecule has 1 amide bonds. The van der Waals surface area contributed by atoms with Crippen LogP contribution in [0.3, 0.4) is 0 Å². The molecule has 0 aliphatic carbocycles. The first-order chi connectivity index (χ1) is 9.66. The van der Waals surface area contributed by atoms with Gasteiger partial charge in [-0.2, -0.15) is 0 Å².